The predicted octanol–water partition coefficient (Wildman–Crippen LogP) is 12.3. The molecule has 30 heteroatoms. The fraction of sp³-hybridized carbons (Fsp3) is 0.508. The highest BCUT2D eigenvalue weighted by molar-refractivity contribution is 7.85. The maximum absolute atomic E-state index is 12.6. The highest BCUT2D eigenvalue weighted by Crippen LogP contribution is 2.46. The van der Waals surface area contributed by atoms with Crippen molar-refractivity contribution in [3.63, 3.8) is 0 Å². The number of aromatic carboxylic acids is 5. The first-order valence-corrected chi connectivity index (χ1v) is 55.3. The van der Waals surface area contributed by atoms with Crippen LogP contribution in [0.25, 0.3) is 0 Å². The summed E-state index contributed by atoms with van der Waals surface area (Å²) >= 11 is 0. The van der Waals surface area contributed by atoms with E-state index in [1.807, 2.05) is 67.6 Å². The molecule has 10 unspecified atom stereocenters. The van der Waals surface area contributed by atoms with Gasteiger partial charge < -0.3 is 122 Å². The minimum atomic E-state index is -4.27. The number of rotatable bonds is 45. The number of carbonyl (C=O) groups is 5. The second-order valence-corrected chi connectivity index (χ2v) is 48.0. The number of nitrogens with zero attached hydrogens (tertiary/aromatic N) is 9. The largest absolute Gasteiger partial charge is 0.748 e. The number of hydrogen-bond acceptors (Lipinski definition) is 24. The molecule has 5 fully saturated rings. The average molecular weight is 2080 g/mol. The van der Waals surface area contributed by atoms with Crippen LogP contribution in [0.4, 0.5) is 51.2 Å². The molecule has 8 aromatic rings. The first-order chi connectivity index (χ1) is 71.0. The minimum Gasteiger partial charge on any atom is -0.748 e. The Hall–Kier alpha value is -11.4. The summed E-state index contributed by atoms with van der Waals surface area (Å²) in [5.74, 6) is 0.963. The smallest absolute Gasteiger partial charge is 0.0946 e. The molecule has 0 amide bonds. The SMILES string of the molecule is CCC1C[N+](C)(C)CC1CCC1C[N+](C)(C)CC1CCC1C[N+](C)(C)CC1CCC1C[N+](C)(C)CC1CCC1C[N+](C)(C)CC1CC.CCCCN(c1ccc(N=C2C=CC(=NC)C=C2)cc1)c1ccc(N(CCCS(=O)(=O)[O-])c2ccc(C)cc2)cc1.CCc1cc(CO)c(Nc2cc(CO)c(Nc3cc(CO)c(Cc4cc(CO)c(Cc5cc(CO)c(C)cc5C(=O)[O-])cc4C(=O)[O-])cc3C(=O)[O-])cc2C(=O)[O-])cc1C(=O)[O-]. The van der Waals surface area contributed by atoms with Crippen molar-refractivity contribution in [1.29, 1.82) is 0 Å². The van der Waals surface area contributed by atoms with Crippen LogP contribution in [0.1, 0.15) is 230 Å². The molecule has 6 aliphatic rings. The number of carboxylic acid groups (broad SMARTS) is 5. The number of carbonyl (C=O) groups excluding carboxylic acids is 5. The third kappa shape index (κ3) is 31.2. The van der Waals surface area contributed by atoms with Crippen molar-refractivity contribution >= 4 is 103 Å². The van der Waals surface area contributed by atoms with Gasteiger partial charge in [0.15, 0.2) is 0 Å². The second kappa shape index (κ2) is 51.4. The van der Waals surface area contributed by atoms with Gasteiger partial charge in [-0.2, -0.15) is 0 Å². The second-order valence-electron chi connectivity index (χ2n) is 46.5. The Morgan fingerprint density at radius 1 is 0.353 bits per heavy atom. The Bertz CT molecular complexity index is 6220. The third-order valence-electron chi connectivity index (χ3n) is 32.7. The topological polar surface area (TPSA) is 414 Å². The van der Waals surface area contributed by atoms with Gasteiger partial charge >= 0.3 is 0 Å². The van der Waals surface area contributed by atoms with Crippen molar-refractivity contribution < 1.29 is 110 Å². The summed E-state index contributed by atoms with van der Waals surface area (Å²) in [6, 6.07) is 36.9. The van der Waals surface area contributed by atoms with Gasteiger partial charge in [-0.1, -0.05) is 70.0 Å². The van der Waals surface area contributed by atoms with E-state index in [1.165, 1.54) is 195 Å². The predicted molar refractivity (Wildman–Crippen MR) is 582 cm³/mol. The van der Waals surface area contributed by atoms with E-state index in [0.29, 0.717) is 23.2 Å². The summed E-state index contributed by atoms with van der Waals surface area (Å²) in [5.41, 5.74) is 7.54. The molecule has 5 heterocycles. The van der Waals surface area contributed by atoms with Crippen LogP contribution >= 0.6 is 0 Å². The van der Waals surface area contributed by atoms with Crippen LogP contribution in [0.3, 0.4) is 0 Å². The lowest BCUT2D eigenvalue weighted by Gasteiger charge is -2.28. The average Bonchev–Trinajstić information content (AvgIpc) is 0.899. The quantitative estimate of drug-likeness (QED) is 0.0106. The van der Waals surface area contributed by atoms with Crippen LogP contribution in [-0.4, -0.2) is 264 Å². The fourth-order valence-corrected chi connectivity index (χ4v) is 25.8. The van der Waals surface area contributed by atoms with E-state index in [1.54, 1.807) is 20.9 Å². The fourth-order valence-electron chi connectivity index (χ4n) is 25.3. The number of aliphatic hydroxyl groups is 5. The Balaban J connectivity index is 0.000000204. The number of hydrogen-bond donors (Lipinski definition) is 7. The molecule has 0 spiro atoms. The van der Waals surface area contributed by atoms with Crippen molar-refractivity contribution in [2.24, 2.45) is 69.2 Å². The van der Waals surface area contributed by atoms with Crippen LogP contribution in [0.5, 0.6) is 0 Å². The zero-order chi connectivity index (χ0) is 109. The summed E-state index contributed by atoms with van der Waals surface area (Å²) in [4.78, 5) is 74.6. The number of aliphatic imine (C=N–C) groups is 2. The standard InChI is InChI=1S/C45H44N2O15.C42H86N5.C33H38N4O3S/c1-3-22-5-30(19-51)37(14-34(22)43(57)58)46-40-13-31(20-52)38(15-36(40)45(61)62)47-39-12-29(18-50)24(11-35(39)44(59)60)7-26-9-28(17-49)23(10-33(26)42(55)56)6-25-8-27(16-48)21(2)4-32(25)41(53)54;1-13-33-23-43(3,4)25-35(33)15-17-37-27-45(7,8)29-39(37)19-21-41-31-47(11,12)32-42(41)22-20-40-30-46(9,10)28-38(40)18-16-36-26-44(5,6)24-34(36)14-2;1-4-5-23-36(31-17-13-29(14-18-31)35-28-11-9-27(34-3)10-12-28)32-19-21-33(22-20-32)37(24-6-25-41(38,39)40)30-15-7-26(2)8-16-30/h4-5,8-15,46-52H,3,6-7,16-20H2,1-2H3,(H,53,54)(H,55,56)(H,57,58)(H,59,60)(H,61,62);33-42H,13-32H2,1-12H3;7-22H,4-6,23-25H2,1-3H3,(H,38,39,40)/q;+5;/p-6. The number of aliphatic hydroxyl groups excluding tert-OH is 5. The summed E-state index contributed by atoms with van der Waals surface area (Å²) in [5, 5.41) is 118. The maximum Gasteiger partial charge on any atom is 0.0946 e. The van der Waals surface area contributed by atoms with E-state index in [9.17, 15) is 88.0 Å². The Kier molecular flexibility index (Phi) is 40.2. The first-order valence-electron chi connectivity index (χ1n) is 53.7. The molecule has 150 heavy (non-hydrogen) atoms. The van der Waals surface area contributed by atoms with Crippen molar-refractivity contribution in [1.82, 2.24) is 0 Å². The molecule has 0 bridgehead atoms. The van der Waals surface area contributed by atoms with Crippen molar-refractivity contribution in [3.05, 3.63) is 252 Å². The lowest BCUT2D eigenvalue weighted by atomic mass is 9.78. The van der Waals surface area contributed by atoms with Gasteiger partial charge in [0.2, 0.25) is 0 Å². The molecule has 0 radical (unpaired) electrons. The molecule has 0 aromatic heterocycles. The van der Waals surface area contributed by atoms with E-state index < -0.39 is 89.7 Å². The Labute approximate surface area is 888 Å². The van der Waals surface area contributed by atoms with E-state index in [2.05, 4.69) is 153 Å². The van der Waals surface area contributed by atoms with Crippen LogP contribution in [0.2, 0.25) is 0 Å². The summed E-state index contributed by atoms with van der Waals surface area (Å²) in [7, 11) is 22.6. The van der Waals surface area contributed by atoms with Gasteiger partial charge in [-0.05, 0) is 288 Å². The zero-order valence-electron chi connectivity index (χ0n) is 91.3. The van der Waals surface area contributed by atoms with Gasteiger partial charge in [0.05, 0.1) is 226 Å². The van der Waals surface area contributed by atoms with Crippen molar-refractivity contribution in [3.8, 4) is 0 Å². The number of likely N-dealkylation sites (tertiary alicyclic amines) is 5. The Morgan fingerprint density at radius 3 is 1.01 bits per heavy atom. The van der Waals surface area contributed by atoms with Crippen molar-refractivity contribution in [2.45, 2.75) is 177 Å². The van der Waals surface area contributed by atoms with Gasteiger partial charge in [0, 0.05) is 170 Å². The van der Waals surface area contributed by atoms with Gasteiger partial charge in [0.1, 0.15) is 0 Å². The molecule has 7 N–H and O–H groups in total. The number of unbranched alkanes of at least 4 members (excludes halogenated alkanes) is 1. The van der Waals surface area contributed by atoms with E-state index in [4.69, 9.17) is 4.99 Å². The number of nitrogens with one attached hydrogen (secondary N) is 2. The number of allylic oxidation sites excluding steroid dienone is 4. The number of anilines is 8. The van der Waals surface area contributed by atoms with E-state index in [0.717, 1.165) is 142 Å². The molecule has 14 rings (SSSR count). The summed E-state index contributed by atoms with van der Waals surface area (Å²) in [6.07, 6.45) is 24.7. The molecular weight excluding hydrogens is 1920 g/mol. The summed E-state index contributed by atoms with van der Waals surface area (Å²) < 4.78 is 40.0. The number of aryl methyl sites for hydroxylation is 3. The molecule has 1 aliphatic carbocycles. The monoisotopic (exact) mass is 2080 g/mol. The molecule has 10 atom stereocenters. The molecule has 29 nitrogen and oxygen atoms in total. The van der Waals surface area contributed by atoms with Crippen molar-refractivity contribution in [2.75, 3.05) is 182 Å². The lowest BCUT2D eigenvalue weighted by Crippen LogP contribution is -2.37. The molecule has 8 aromatic carbocycles. The van der Waals surface area contributed by atoms with Gasteiger partial charge in [0.25, 0.3) is 0 Å². The highest BCUT2D eigenvalue weighted by Gasteiger charge is 2.48. The molecule has 5 aliphatic heterocycles. The molecule has 5 saturated heterocycles. The molecule has 0 saturated carbocycles. The van der Waals surface area contributed by atoms with Gasteiger partial charge in [-0.15, -0.1) is 0 Å². The first kappa shape index (κ1) is 117. The van der Waals surface area contributed by atoms with Crippen LogP contribution in [0, 0.1) is 73.0 Å². The lowest BCUT2D eigenvalue weighted by molar-refractivity contribution is -0.881. The van der Waals surface area contributed by atoms with Crippen LogP contribution in [-0.2, 0) is 62.4 Å². The van der Waals surface area contributed by atoms with Crippen LogP contribution < -0.4 is 46.0 Å². The normalized spacial score (nSPS) is 21.1. The number of carboxylic acids is 5. The minimum absolute atomic E-state index is 0.00698. The molecular formula is C120H162N11O18S-. The van der Waals surface area contributed by atoms with Crippen LogP contribution in [0.15, 0.2) is 168 Å². The summed E-state index contributed by atoms with van der Waals surface area (Å²) in [6.45, 7) is 24.8. The van der Waals surface area contributed by atoms with Gasteiger partial charge in [-0.3, -0.25) is 4.99 Å². The van der Waals surface area contributed by atoms with Gasteiger partial charge in [-0.25, -0.2) is 13.4 Å². The number of benzene rings is 8. The van der Waals surface area contributed by atoms with E-state index in [-0.39, 0.29) is 110 Å². The number of quaternary nitrogens is 5. The molecule has 812 valence electrons. The highest BCUT2D eigenvalue weighted by atomic mass is 32.2. The zero-order valence-corrected chi connectivity index (χ0v) is 92.1. The third-order valence-corrected chi connectivity index (χ3v) is 33.5. The van der Waals surface area contributed by atoms with E-state index >= 15 is 0 Å². The Morgan fingerprint density at radius 2 is 0.653 bits per heavy atom. The maximum atomic E-state index is 12.6.